The number of hydrogen-bond acceptors (Lipinski definition) is 2. The van der Waals surface area contributed by atoms with E-state index in [0.29, 0.717) is 5.92 Å². The molecular formula is C11H19NO3. The molecule has 1 unspecified atom stereocenters. The number of carboxylic acid groups (broad SMARTS) is 1. The first-order valence-corrected chi connectivity index (χ1v) is 5.35. The highest BCUT2D eigenvalue weighted by atomic mass is 16.4. The Morgan fingerprint density at radius 1 is 1.47 bits per heavy atom. The first kappa shape index (κ1) is 12.0. The highest BCUT2D eigenvalue weighted by Gasteiger charge is 2.34. The molecule has 0 bridgehead atoms. The molecule has 15 heavy (non-hydrogen) atoms. The van der Waals surface area contributed by atoms with Crippen molar-refractivity contribution in [3.8, 4) is 0 Å². The number of rotatable bonds is 5. The number of aliphatic carboxylic acids is 1. The van der Waals surface area contributed by atoms with Crippen LogP contribution in [0.1, 0.15) is 33.6 Å². The maximum absolute atomic E-state index is 11.6. The summed E-state index contributed by atoms with van der Waals surface area (Å²) in [5, 5.41) is 11.6. The van der Waals surface area contributed by atoms with Gasteiger partial charge >= 0.3 is 5.97 Å². The van der Waals surface area contributed by atoms with Crippen molar-refractivity contribution in [2.75, 3.05) is 6.54 Å². The van der Waals surface area contributed by atoms with Gasteiger partial charge in [-0.25, -0.2) is 0 Å². The SMILES string of the molecule is CC(C(=O)NCC(C)(C)C(=O)O)C1CC1. The minimum Gasteiger partial charge on any atom is -0.481 e. The van der Waals surface area contributed by atoms with E-state index in [1.807, 2.05) is 6.92 Å². The van der Waals surface area contributed by atoms with Crippen molar-refractivity contribution in [2.24, 2.45) is 17.3 Å². The van der Waals surface area contributed by atoms with Crippen LogP contribution in [0.5, 0.6) is 0 Å². The van der Waals surface area contributed by atoms with Crippen LogP contribution < -0.4 is 5.32 Å². The summed E-state index contributed by atoms with van der Waals surface area (Å²) < 4.78 is 0. The molecule has 4 nitrogen and oxygen atoms in total. The maximum Gasteiger partial charge on any atom is 0.310 e. The van der Waals surface area contributed by atoms with Crippen LogP contribution in [0.3, 0.4) is 0 Å². The summed E-state index contributed by atoms with van der Waals surface area (Å²) in [4.78, 5) is 22.4. The molecule has 0 aromatic heterocycles. The molecule has 1 fully saturated rings. The lowest BCUT2D eigenvalue weighted by atomic mass is 9.93. The van der Waals surface area contributed by atoms with Crippen molar-refractivity contribution in [1.82, 2.24) is 5.32 Å². The third-order valence-corrected chi connectivity index (χ3v) is 3.03. The predicted octanol–water partition coefficient (Wildman–Crippen LogP) is 1.26. The van der Waals surface area contributed by atoms with Gasteiger partial charge in [-0.15, -0.1) is 0 Å². The van der Waals surface area contributed by atoms with Crippen LogP contribution in [0.25, 0.3) is 0 Å². The van der Waals surface area contributed by atoms with Crippen molar-refractivity contribution in [2.45, 2.75) is 33.6 Å². The van der Waals surface area contributed by atoms with Crippen molar-refractivity contribution in [3.63, 3.8) is 0 Å². The first-order valence-electron chi connectivity index (χ1n) is 5.35. The van der Waals surface area contributed by atoms with E-state index in [2.05, 4.69) is 5.32 Å². The topological polar surface area (TPSA) is 66.4 Å². The molecule has 1 saturated carbocycles. The third-order valence-electron chi connectivity index (χ3n) is 3.03. The highest BCUT2D eigenvalue weighted by Crippen LogP contribution is 2.36. The molecule has 0 radical (unpaired) electrons. The lowest BCUT2D eigenvalue weighted by Crippen LogP contribution is -2.41. The van der Waals surface area contributed by atoms with Gasteiger partial charge in [-0.2, -0.15) is 0 Å². The number of carbonyl (C=O) groups is 2. The zero-order chi connectivity index (χ0) is 11.6. The maximum atomic E-state index is 11.6. The van der Waals surface area contributed by atoms with Crippen LogP contribution in [-0.4, -0.2) is 23.5 Å². The van der Waals surface area contributed by atoms with Gasteiger partial charge in [0.25, 0.3) is 0 Å². The van der Waals surface area contributed by atoms with Crippen LogP contribution in [0.15, 0.2) is 0 Å². The summed E-state index contributed by atoms with van der Waals surface area (Å²) in [6.07, 6.45) is 2.24. The summed E-state index contributed by atoms with van der Waals surface area (Å²) in [7, 11) is 0. The molecule has 0 aromatic rings. The molecule has 1 amide bonds. The number of hydrogen-bond donors (Lipinski definition) is 2. The Morgan fingerprint density at radius 3 is 2.40 bits per heavy atom. The molecule has 86 valence electrons. The van der Waals surface area contributed by atoms with Gasteiger partial charge in [0.05, 0.1) is 5.41 Å². The molecular weight excluding hydrogens is 194 g/mol. The van der Waals surface area contributed by atoms with E-state index < -0.39 is 11.4 Å². The third kappa shape index (κ3) is 3.22. The number of amides is 1. The van der Waals surface area contributed by atoms with Crippen LogP contribution in [-0.2, 0) is 9.59 Å². The molecule has 0 aromatic carbocycles. The smallest absolute Gasteiger partial charge is 0.310 e. The fourth-order valence-corrected chi connectivity index (χ4v) is 1.35. The molecule has 1 rings (SSSR count). The van der Waals surface area contributed by atoms with E-state index in [4.69, 9.17) is 5.11 Å². The molecule has 0 spiro atoms. The number of carboxylic acids is 1. The zero-order valence-electron chi connectivity index (χ0n) is 9.54. The van der Waals surface area contributed by atoms with E-state index >= 15 is 0 Å². The molecule has 0 saturated heterocycles. The second-order valence-electron chi connectivity index (χ2n) is 5.03. The Bertz CT molecular complexity index is 269. The predicted molar refractivity (Wildman–Crippen MR) is 56.3 cm³/mol. The van der Waals surface area contributed by atoms with Crippen LogP contribution in [0, 0.1) is 17.3 Å². The van der Waals surface area contributed by atoms with Gasteiger partial charge < -0.3 is 10.4 Å². The summed E-state index contributed by atoms with van der Waals surface area (Å²) in [6, 6.07) is 0. The molecule has 4 heteroatoms. The minimum absolute atomic E-state index is 0.0215. The quantitative estimate of drug-likeness (QED) is 0.722. The minimum atomic E-state index is -0.890. The second-order valence-corrected chi connectivity index (χ2v) is 5.03. The number of carbonyl (C=O) groups excluding carboxylic acids is 1. The molecule has 0 aliphatic heterocycles. The van der Waals surface area contributed by atoms with Crippen LogP contribution >= 0.6 is 0 Å². The highest BCUT2D eigenvalue weighted by molar-refractivity contribution is 5.80. The normalized spacial score (nSPS) is 18.3. The Kier molecular flexibility index (Phi) is 3.37. The van der Waals surface area contributed by atoms with E-state index in [1.165, 1.54) is 0 Å². The van der Waals surface area contributed by atoms with Gasteiger partial charge in [0.15, 0.2) is 0 Å². The monoisotopic (exact) mass is 213 g/mol. The van der Waals surface area contributed by atoms with Gasteiger partial charge in [0.2, 0.25) is 5.91 Å². The van der Waals surface area contributed by atoms with E-state index in [-0.39, 0.29) is 18.4 Å². The van der Waals surface area contributed by atoms with Crippen molar-refractivity contribution in [1.29, 1.82) is 0 Å². The largest absolute Gasteiger partial charge is 0.481 e. The molecule has 0 heterocycles. The fraction of sp³-hybridized carbons (Fsp3) is 0.818. The summed E-state index contributed by atoms with van der Waals surface area (Å²) in [5.74, 6) is -0.374. The molecule has 1 aliphatic rings. The van der Waals surface area contributed by atoms with Crippen LogP contribution in [0.4, 0.5) is 0 Å². The number of nitrogens with one attached hydrogen (secondary N) is 1. The van der Waals surface area contributed by atoms with Gasteiger partial charge in [0.1, 0.15) is 0 Å². The average Bonchev–Trinajstić information content (AvgIpc) is 2.96. The Balaban J connectivity index is 2.35. The van der Waals surface area contributed by atoms with Crippen molar-refractivity contribution >= 4 is 11.9 Å². The standard InChI is InChI=1S/C11H19NO3/c1-7(8-4-5-8)9(13)12-6-11(2,3)10(14)15/h7-8H,4-6H2,1-3H3,(H,12,13)(H,14,15). The summed E-state index contributed by atoms with van der Waals surface area (Å²) in [5.41, 5.74) is -0.890. The van der Waals surface area contributed by atoms with Crippen molar-refractivity contribution in [3.05, 3.63) is 0 Å². The van der Waals surface area contributed by atoms with Gasteiger partial charge in [0, 0.05) is 12.5 Å². The van der Waals surface area contributed by atoms with Gasteiger partial charge in [-0.1, -0.05) is 6.92 Å². The van der Waals surface area contributed by atoms with Crippen molar-refractivity contribution < 1.29 is 14.7 Å². The fourth-order valence-electron chi connectivity index (χ4n) is 1.35. The van der Waals surface area contributed by atoms with E-state index in [0.717, 1.165) is 12.8 Å². The Morgan fingerprint density at radius 2 is 2.00 bits per heavy atom. The lowest BCUT2D eigenvalue weighted by molar-refractivity contribution is -0.146. The summed E-state index contributed by atoms with van der Waals surface area (Å²) in [6.45, 7) is 5.31. The molecule has 2 N–H and O–H groups in total. The van der Waals surface area contributed by atoms with Crippen LogP contribution in [0.2, 0.25) is 0 Å². The molecule has 1 aliphatic carbocycles. The zero-order valence-corrected chi connectivity index (χ0v) is 9.54. The van der Waals surface area contributed by atoms with E-state index in [1.54, 1.807) is 13.8 Å². The Labute approximate surface area is 90.0 Å². The average molecular weight is 213 g/mol. The first-order chi connectivity index (χ1) is 6.84. The second kappa shape index (κ2) is 4.21. The van der Waals surface area contributed by atoms with Gasteiger partial charge in [-0.3, -0.25) is 9.59 Å². The van der Waals surface area contributed by atoms with Gasteiger partial charge in [-0.05, 0) is 32.6 Å². The summed E-state index contributed by atoms with van der Waals surface area (Å²) >= 11 is 0. The Hall–Kier alpha value is -1.06. The lowest BCUT2D eigenvalue weighted by Gasteiger charge is -2.20. The van der Waals surface area contributed by atoms with E-state index in [9.17, 15) is 9.59 Å². The molecule has 1 atom stereocenters.